The second kappa shape index (κ2) is 5.85. The normalized spacial score (nSPS) is 16.6. The third-order valence-electron chi connectivity index (χ3n) is 4.35. The standard InChI is InChI=1S/C14H23N7/c1-10-12(9-16-20(10)3)13-17-14(19-18-13)21-6-4-11(5-7-21)8-15-2/h9,11,15H,4-8H2,1-3H3,(H,17,18,19). The van der Waals surface area contributed by atoms with Crippen LogP contribution in [0.2, 0.25) is 0 Å². The van der Waals surface area contributed by atoms with Crippen LogP contribution < -0.4 is 10.2 Å². The van der Waals surface area contributed by atoms with E-state index in [0.29, 0.717) is 0 Å². The lowest BCUT2D eigenvalue weighted by molar-refractivity contribution is 0.391. The first kappa shape index (κ1) is 14.1. The van der Waals surface area contributed by atoms with Gasteiger partial charge in [-0.2, -0.15) is 10.1 Å². The maximum absolute atomic E-state index is 4.64. The average Bonchev–Trinajstić information content (AvgIpc) is 3.09. The van der Waals surface area contributed by atoms with Gasteiger partial charge in [0.1, 0.15) is 0 Å². The van der Waals surface area contributed by atoms with E-state index in [2.05, 4.69) is 30.5 Å². The minimum atomic E-state index is 0.769. The quantitative estimate of drug-likeness (QED) is 0.876. The monoisotopic (exact) mass is 289 g/mol. The van der Waals surface area contributed by atoms with Gasteiger partial charge < -0.3 is 10.2 Å². The van der Waals surface area contributed by atoms with E-state index in [1.54, 1.807) is 0 Å². The molecular formula is C14H23N7. The average molecular weight is 289 g/mol. The van der Waals surface area contributed by atoms with Gasteiger partial charge in [-0.25, -0.2) is 0 Å². The highest BCUT2D eigenvalue weighted by Gasteiger charge is 2.22. The zero-order valence-electron chi connectivity index (χ0n) is 12.9. The number of aromatic nitrogens is 5. The highest BCUT2D eigenvalue weighted by atomic mass is 15.4. The van der Waals surface area contributed by atoms with Gasteiger partial charge in [0.05, 0.1) is 11.8 Å². The topological polar surface area (TPSA) is 74.7 Å². The van der Waals surface area contributed by atoms with Crippen molar-refractivity contribution in [1.82, 2.24) is 30.3 Å². The summed E-state index contributed by atoms with van der Waals surface area (Å²) in [6.07, 6.45) is 4.21. The van der Waals surface area contributed by atoms with Gasteiger partial charge in [0.15, 0.2) is 5.82 Å². The minimum Gasteiger partial charge on any atom is -0.340 e. The zero-order chi connectivity index (χ0) is 14.8. The van der Waals surface area contributed by atoms with E-state index in [1.165, 1.54) is 12.8 Å². The molecule has 0 aromatic carbocycles. The summed E-state index contributed by atoms with van der Waals surface area (Å²) in [5.74, 6) is 2.37. The van der Waals surface area contributed by atoms with Crippen molar-refractivity contribution in [1.29, 1.82) is 0 Å². The first-order valence-corrected chi connectivity index (χ1v) is 7.50. The number of piperidine rings is 1. The predicted molar refractivity (Wildman–Crippen MR) is 82.2 cm³/mol. The van der Waals surface area contributed by atoms with Crippen molar-refractivity contribution in [3.05, 3.63) is 11.9 Å². The van der Waals surface area contributed by atoms with Crippen LogP contribution in [0.25, 0.3) is 11.4 Å². The molecule has 114 valence electrons. The van der Waals surface area contributed by atoms with Crippen LogP contribution in [0.15, 0.2) is 6.20 Å². The lowest BCUT2D eigenvalue weighted by atomic mass is 9.97. The fraction of sp³-hybridized carbons (Fsp3) is 0.643. The van der Waals surface area contributed by atoms with Crippen molar-refractivity contribution in [2.75, 3.05) is 31.6 Å². The molecule has 0 saturated carbocycles. The van der Waals surface area contributed by atoms with Gasteiger partial charge in [0.2, 0.25) is 5.95 Å². The first-order valence-electron chi connectivity index (χ1n) is 7.50. The lowest BCUT2D eigenvalue weighted by Crippen LogP contribution is -2.37. The molecule has 0 spiro atoms. The SMILES string of the molecule is CNCC1CCN(c2n[nH]c(-c3cnn(C)c3C)n2)CC1. The molecule has 0 unspecified atom stereocenters. The molecule has 0 aliphatic carbocycles. The Balaban J connectivity index is 1.70. The summed E-state index contributed by atoms with van der Waals surface area (Å²) in [7, 11) is 3.95. The molecule has 7 nitrogen and oxygen atoms in total. The summed E-state index contributed by atoms with van der Waals surface area (Å²) in [6.45, 7) is 5.18. The van der Waals surface area contributed by atoms with Gasteiger partial charge in [-0.3, -0.25) is 9.78 Å². The molecule has 3 rings (SSSR count). The summed E-state index contributed by atoms with van der Waals surface area (Å²) in [6, 6.07) is 0. The molecule has 1 saturated heterocycles. The van der Waals surface area contributed by atoms with Crippen molar-refractivity contribution in [2.24, 2.45) is 13.0 Å². The first-order chi connectivity index (χ1) is 10.2. The molecule has 0 radical (unpaired) electrons. The largest absolute Gasteiger partial charge is 0.340 e. The van der Waals surface area contributed by atoms with Crippen molar-refractivity contribution in [2.45, 2.75) is 19.8 Å². The van der Waals surface area contributed by atoms with Crippen LogP contribution in [0.1, 0.15) is 18.5 Å². The fourth-order valence-corrected chi connectivity index (χ4v) is 2.87. The van der Waals surface area contributed by atoms with E-state index in [4.69, 9.17) is 0 Å². The molecule has 0 amide bonds. The Labute approximate surface area is 124 Å². The molecule has 1 fully saturated rings. The molecule has 3 heterocycles. The van der Waals surface area contributed by atoms with Crippen molar-refractivity contribution >= 4 is 5.95 Å². The highest BCUT2D eigenvalue weighted by Crippen LogP contribution is 2.23. The van der Waals surface area contributed by atoms with E-state index >= 15 is 0 Å². The Morgan fingerprint density at radius 3 is 2.76 bits per heavy atom. The van der Waals surface area contributed by atoms with Gasteiger partial charge >= 0.3 is 0 Å². The summed E-state index contributed by atoms with van der Waals surface area (Å²) >= 11 is 0. The van der Waals surface area contributed by atoms with Crippen LogP contribution in [0, 0.1) is 12.8 Å². The molecule has 1 aliphatic heterocycles. The van der Waals surface area contributed by atoms with Crippen molar-refractivity contribution in [3.8, 4) is 11.4 Å². The van der Waals surface area contributed by atoms with E-state index < -0.39 is 0 Å². The number of aryl methyl sites for hydroxylation is 1. The van der Waals surface area contributed by atoms with Gasteiger partial charge in [0, 0.05) is 25.8 Å². The fourth-order valence-electron chi connectivity index (χ4n) is 2.87. The number of hydrogen-bond acceptors (Lipinski definition) is 5. The number of H-pyrrole nitrogens is 1. The zero-order valence-corrected chi connectivity index (χ0v) is 12.9. The molecule has 2 N–H and O–H groups in total. The molecule has 2 aromatic rings. The summed E-state index contributed by atoms with van der Waals surface area (Å²) < 4.78 is 1.85. The lowest BCUT2D eigenvalue weighted by Gasteiger charge is -2.30. The van der Waals surface area contributed by atoms with Crippen LogP contribution in [-0.4, -0.2) is 51.6 Å². The Morgan fingerprint density at radius 2 is 2.14 bits per heavy atom. The Morgan fingerprint density at radius 1 is 1.38 bits per heavy atom. The van der Waals surface area contributed by atoms with Gasteiger partial charge in [-0.1, -0.05) is 0 Å². The second-order valence-electron chi connectivity index (χ2n) is 5.74. The number of nitrogens with zero attached hydrogens (tertiary/aromatic N) is 5. The second-order valence-corrected chi connectivity index (χ2v) is 5.74. The molecule has 0 atom stereocenters. The van der Waals surface area contributed by atoms with E-state index in [1.807, 2.05) is 31.9 Å². The van der Waals surface area contributed by atoms with Crippen LogP contribution in [0.5, 0.6) is 0 Å². The third kappa shape index (κ3) is 2.78. The number of aromatic amines is 1. The Kier molecular flexibility index (Phi) is 3.92. The predicted octanol–water partition coefficient (Wildman–Crippen LogP) is 0.949. The molecular weight excluding hydrogens is 266 g/mol. The Bertz CT molecular complexity index is 592. The molecule has 2 aromatic heterocycles. The maximum Gasteiger partial charge on any atom is 0.245 e. The highest BCUT2D eigenvalue weighted by molar-refractivity contribution is 5.58. The Hall–Kier alpha value is -1.89. The number of hydrogen-bond donors (Lipinski definition) is 2. The molecule has 0 bridgehead atoms. The van der Waals surface area contributed by atoms with E-state index in [-0.39, 0.29) is 0 Å². The van der Waals surface area contributed by atoms with Crippen LogP contribution in [-0.2, 0) is 7.05 Å². The van der Waals surface area contributed by atoms with Crippen LogP contribution >= 0.6 is 0 Å². The summed E-state index contributed by atoms with van der Waals surface area (Å²) in [4.78, 5) is 6.90. The summed E-state index contributed by atoms with van der Waals surface area (Å²) in [5, 5.41) is 14.9. The third-order valence-corrected chi connectivity index (χ3v) is 4.35. The van der Waals surface area contributed by atoms with Gasteiger partial charge in [-0.15, -0.1) is 5.10 Å². The number of nitrogens with one attached hydrogen (secondary N) is 2. The van der Waals surface area contributed by atoms with Crippen LogP contribution in [0.4, 0.5) is 5.95 Å². The maximum atomic E-state index is 4.64. The molecule has 7 heteroatoms. The smallest absolute Gasteiger partial charge is 0.245 e. The molecule has 21 heavy (non-hydrogen) atoms. The summed E-state index contributed by atoms with van der Waals surface area (Å²) in [5.41, 5.74) is 2.10. The van der Waals surface area contributed by atoms with Crippen molar-refractivity contribution in [3.63, 3.8) is 0 Å². The molecule has 1 aliphatic rings. The van der Waals surface area contributed by atoms with Crippen LogP contribution in [0.3, 0.4) is 0 Å². The number of rotatable bonds is 4. The number of anilines is 1. The van der Waals surface area contributed by atoms with Gasteiger partial charge in [0.25, 0.3) is 0 Å². The van der Waals surface area contributed by atoms with Gasteiger partial charge in [-0.05, 0) is 39.3 Å². The minimum absolute atomic E-state index is 0.769. The van der Waals surface area contributed by atoms with E-state index in [0.717, 1.165) is 48.6 Å². The van der Waals surface area contributed by atoms with Crippen molar-refractivity contribution < 1.29 is 0 Å². The van der Waals surface area contributed by atoms with E-state index in [9.17, 15) is 0 Å².